The molecule has 2 rings (SSSR count). The molecule has 0 radical (unpaired) electrons. The Morgan fingerprint density at radius 3 is 2.55 bits per heavy atom. The molecule has 0 N–H and O–H groups in total. The van der Waals surface area contributed by atoms with Crippen LogP contribution in [0.2, 0.25) is 0 Å². The highest BCUT2D eigenvalue weighted by Crippen LogP contribution is 2.24. The largest absolute Gasteiger partial charge is 0.495 e. The van der Waals surface area contributed by atoms with Crippen LogP contribution in [0.5, 0.6) is 5.75 Å². The Morgan fingerprint density at radius 1 is 1.23 bits per heavy atom. The van der Waals surface area contributed by atoms with Gasteiger partial charge < -0.3 is 9.47 Å². The second-order valence-electron chi connectivity index (χ2n) is 4.85. The van der Waals surface area contributed by atoms with Gasteiger partial charge in [0.05, 0.1) is 25.0 Å². The van der Waals surface area contributed by atoms with Gasteiger partial charge in [-0.3, -0.25) is 9.36 Å². The molecular weight excluding hydrogens is 282 g/mol. The van der Waals surface area contributed by atoms with Gasteiger partial charge in [-0.25, -0.2) is 4.79 Å². The lowest BCUT2D eigenvalue weighted by Crippen LogP contribution is -2.25. The quantitative estimate of drug-likeness (QED) is 0.815. The smallest absolute Gasteiger partial charge is 0.340 e. The van der Waals surface area contributed by atoms with Crippen LogP contribution in [0.15, 0.2) is 35.1 Å². The minimum atomic E-state index is -0.429. The molecule has 2 aromatic rings. The van der Waals surface area contributed by atoms with Crippen molar-refractivity contribution >= 4 is 5.97 Å². The van der Waals surface area contributed by atoms with Crippen molar-refractivity contribution in [2.24, 2.45) is 0 Å². The summed E-state index contributed by atoms with van der Waals surface area (Å²) in [6.07, 6.45) is 0. The van der Waals surface area contributed by atoms with Crippen LogP contribution in [0.3, 0.4) is 0 Å². The predicted molar refractivity (Wildman–Crippen MR) is 84.0 cm³/mol. The summed E-state index contributed by atoms with van der Waals surface area (Å²) in [6, 6.07) is 8.62. The average molecular weight is 301 g/mol. The van der Waals surface area contributed by atoms with Crippen LogP contribution >= 0.6 is 0 Å². The molecule has 5 nitrogen and oxygen atoms in total. The fraction of sp³-hybridized carbons (Fsp3) is 0.294. The second kappa shape index (κ2) is 6.47. The lowest BCUT2D eigenvalue weighted by Gasteiger charge is -2.17. The fourth-order valence-corrected chi connectivity index (χ4v) is 2.51. The number of ether oxygens (including phenoxy) is 2. The standard InChI is InChI=1S/C17H19NO4/c1-5-22-17(20)16-11(2)10-15(19)18(12(16)3)13-8-6-7-9-14(13)21-4/h6-10H,5H2,1-4H3. The van der Waals surface area contributed by atoms with Gasteiger partial charge in [0.1, 0.15) is 5.75 Å². The molecule has 1 heterocycles. The first kappa shape index (κ1) is 15.8. The van der Waals surface area contributed by atoms with Crippen LogP contribution in [0, 0.1) is 13.8 Å². The summed E-state index contributed by atoms with van der Waals surface area (Å²) in [5.41, 5.74) is 1.93. The maximum absolute atomic E-state index is 12.4. The molecule has 5 heteroatoms. The highest BCUT2D eigenvalue weighted by molar-refractivity contribution is 5.92. The number of aromatic nitrogens is 1. The van der Waals surface area contributed by atoms with E-state index in [1.165, 1.54) is 10.6 Å². The molecule has 0 unspecified atom stereocenters. The molecular formula is C17H19NO4. The van der Waals surface area contributed by atoms with Crippen LogP contribution in [0.1, 0.15) is 28.5 Å². The van der Waals surface area contributed by atoms with Crippen LogP contribution in [-0.2, 0) is 4.74 Å². The summed E-state index contributed by atoms with van der Waals surface area (Å²) in [6.45, 7) is 5.49. The Bertz CT molecular complexity index is 762. The lowest BCUT2D eigenvalue weighted by atomic mass is 10.1. The first-order valence-electron chi connectivity index (χ1n) is 7.05. The SMILES string of the molecule is CCOC(=O)c1c(C)cc(=O)n(-c2ccccc2OC)c1C. The highest BCUT2D eigenvalue weighted by atomic mass is 16.5. The van der Waals surface area contributed by atoms with Gasteiger partial charge in [-0.15, -0.1) is 0 Å². The number of hydrogen-bond acceptors (Lipinski definition) is 4. The Labute approximate surface area is 129 Å². The number of pyridine rings is 1. The number of para-hydroxylation sites is 2. The van der Waals surface area contributed by atoms with Crippen molar-refractivity contribution < 1.29 is 14.3 Å². The van der Waals surface area contributed by atoms with Gasteiger partial charge in [0.2, 0.25) is 0 Å². The van der Waals surface area contributed by atoms with Gasteiger partial charge in [-0.2, -0.15) is 0 Å². The first-order valence-corrected chi connectivity index (χ1v) is 7.05. The molecule has 1 aromatic heterocycles. The number of carbonyl (C=O) groups is 1. The predicted octanol–water partition coefficient (Wildman–Crippen LogP) is 2.64. The number of hydrogen-bond donors (Lipinski definition) is 0. The zero-order chi connectivity index (χ0) is 16.3. The molecule has 116 valence electrons. The number of nitrogens with zero attached hydrogens (tertiary/aromatic N) is 1. The van der Waals surface area contributed by atoms with E-state index in [1.54, 1.807) is 40.0 Å². The van der Waals surface area contributed by atoms with Crippen molar-refractivity contribution in [3.8, 4) is 11.4 Å². The second-order valence-corrected chi connectivity index (χ2v) is 4.85. The average Bonchev–Trinajstić information content (AvgIpc) is 2.47. The summed E-state index contributed by atoms with van der Waals surface area (Å²) in [7, 11) is 1.54. The van der Waals surface area contributed by atoms with Crippen LogP contribution in [0.4, 0.5) is 0 Å². The zero-order valence-corrected chi connectivity index (χ0v) is 13.2. The van der Waals surface area contributed by atoms with E-state index in [-0.39, 0.29) is 12.2 Å². The maximum Gasteiger partial charge on any atom is 0.340 e. The van der Waals surface area contributed by atoms with E-state index < -0.39 is 5.97 Å². The van der Waals surface area contributed by atoms with E-state index in [9.17, 15) is 9.59 Å². The van der Waals surface area contributed by atoms with Gasteiger partial charge in [0.25, 0.3) is 5.56 Å². The lowest BCUT2D eigenvalue weighted by molar-refractivity contribution is 0.0523. The number of carbonyl (C=O) groups excluding carboxylic acids is 1. The number of benzene rings is 1. The molecule has 0 amide bonds. The minimum absolute atomic E-state index is 0.215. The van der Waals surface area contributed by atoms with E-state index in [0.29, 0.717) is 28.3 Å². The number of esters is 1. The van der Waals surface area contributed by atoms with Gasteiger partial charge in [0.15, 0.2) is 0 Å². The molecule has 0 atom stereocenters. The van der Waals surface area contributed by atoms with Crippen LogP contribution in [-0.4, -0.2) is 24.3 Å². The van der Waals surface area contributed by atoms with E-state index >= 15 is 0 Å². The third-order valence-electron chi connectivity index (χ3n) is 3.46. The Balaban J connectivity index is 2.75. The van der Waals surface area contributed by atoms with E-state index in [0.717, 1.165) is 0 Å². The molecule has 0 spiro atoms. The summed E-state index contributed by atoms with van der Waals surface area (Å²) in [5, 5.41) is 0. The monoisotopic (exact) mass is 301 g/mol. The van der Waals surface area contributed by atoms with Crippen molar-refractivity contribution in [2.45, 2.75) is 20.8 Å². The van der Waals surface area contributed by atoms with Crippen molar-refractivity contribution in [3.63, 3.8) is 0 Å². The molecule has 0 saturated heterocycles. The van der Waals surface area contributed by atoms with E-state index in [2.05, 4.69) is 0 Å². The Hall–Kier alpha value is -2.56. The number of aryl methyl sites for hydroxylation is 1. The summed E-state index contributed by atoms with van der Waals surface area (Å²) < 4.78 is 11.9. The van der Waals surface area contributed by atoms with E-state index in [1.807, 2.05) is 12.1 Å². The molecule has 0 saturated carbocycles. The summed E-state index contributed by atoms with van der Waals surface area (Å²) >= 11 is 0. The summed E-state index contributed by atoms with van der Waals surface area (Å²) in [5.74, 6) is 0.132. The zero-order valence-electron chi connectivity index (χ0n) is 13.2. The molecule has 0 bridgehead atoms. The fourth-order valence-electron chi connectivity index (χ4n) is 2.51. The molecule has 22 heavy (non-hydrogen) atoms. The third-order valence-corrected chi connectivity index (χ3v) is 3.46. The number of rotatable bonds is 4. The Kier molecular flexibility index (Phi) is 4.65. The van der Waals surface area contributed by atoms with Gasteiger partial charge >= 0.3 is 5.97 Å². The number of methoxy groups -OCH3 is 1. The maximum atomic E-state index is 12.4. The van der Waals surface area contributed by atoms with Gasteiger partial charge in [0, 0.05) is 11.8 Å². The Morgan fingerprint density at radius 2 is 1.91 bits per heavy atom. The molecule has 0 aliphatic rings. The minimum Gasteiger partial charge on any atom is -0.495 e. The van der Waals surface area contributed by atoms with Gasteiger partial charge in [-0.05, 0) is 38.5 Å². The van der Waals surface area contributed by atoms with Crippen molar-refractivity contribution in [1.29, 1.82) is 0 Å². The van der Waals surface area contributed by atoms with Crippen molar-refractivity contribution in [2.75, 3.05) is 13.7 Å². The van der Waals surface area contributed by atoms with E-state index in [4.69, 9.17) is 9.47 Å². The molecule has 1 aromatic carbocycles. The molecule has 0 aliphatic heterocycles. The first-order chi connectivity index (χ1) is 10.5. The van der Waals surface area contributed by atoms with Crippen LogP contribution in [0.25, 0.3) is 5.69 Å². The van der Waals surface area contributed by atoms with Crippen LogP contribution < -0.4 is 10.3 Å². The highest BCUT2D eigenvalue weighted by Gasteiger charge is 2.19. The van der Waals surface area contributed by atoms with Crippen molar-refractivity contribution in [3.05, 3.63) is 57.5 Å². The molecule has 0 fully saturated rings. The van der Waals surface area contributed by atoms with Crippen molar-refractivity contribution in [1.82, 2.24) is 4.57 Å². The molecule has 0 aliphatic carbocycles. The van der Waals surface area contributed by atoms with Gasteiger partial charge in [-0.1, -0.05) is 12.1 Å². The topological polar surface area (TPSA) is 57.5 Å². The normalized spacial score (nSPS) is 10.4. The third kappa shape index (κ3) is 2.74. The summed E-state index contributed by atoms with van der Waals surface area (Å²) in [4.78, 5) is 24.6.